The minimum Gasteiger partial charge on any atom is -0.302 e. The molecule has 1 unspecified atom stereocenters. The first-order valence-corrected chi connectivity index (χ1v) is 8.82. The molecule has 0 aromatic rings. The summed E-state index contributed by atoms with van der Waals surface area (Å²) >= 11 is 0. The van der Waals surface area contributed by atoms with Crippen LogP contribution in [0.2, 0.25) is 0 Å². The molecule has 1 rings (SSSR count). The fourth-order valence-corrected chi connectivity index (χ4v) is 3.75. The van der Waals surface area contributed by atoms with Gasteiger partial charge in [-0.1, -0.05) is 6.92 Å². The quantitative estimate of drug-likeness (QED) is 0.781. The van der Waals surface area contributed by atoms with Crippen LogP contribution in [0.3, 0.4) is 0 Å². The van der Waals surface area contributed by atoms with Gasteiger partial charge < -0.3 is 4.90 Å². The number of nitrogens with one attached hydrogen (secondary N) is 1. The molecule has 0 amide bonds. The van der Waals surface area contributed by atoms with Gasteiger partial charge in [0.2, 0.25) is 0 Å². The van der Waals surface area contributed by atoms with Crippen molar-refractivity contribution in [2.24, 2.45) is 0 Å². The van der Waals surface area contributed by atoms with Crippen LogP contribution in [0.15, 0.2) is 0 Å². The van der Waals surface area contributed by atoms with Crippen molar-refractivity contribution in [3.63, 3.8) is 0 Å². The Morgan fingerprint density at radius 1 is 1.37 bits per heavy atom. The second kappa shape index (κ2) is 7.22. The number of hydrogen-bond donors (Lipinski definition) is 1. The van der Waals surface area contributed by atoms with Crippen molar-refractivity contribution in [3.8, 4) is 6.07 Å². The summed E-state index contributed by atoms with van der Waals surface area (Å²) < 4.78 is 23.0. The highest BCUT2D eigenvalue weighted by Gasteiger charge is 2.23. The third kappa shape index (κ3) is 5.89. The first-order valence-electron chi connectivity index (χ1n) is 7.00. The monoisotopic (exact) mass is 287 g/mol. The molecule has 1 fully saturated rings. The van der Waals surface area contributed by atoms with Gasteiger partial charge in [-0.15, -0.1) is 0 Å². The van der Waals surface area contributed by atoms with Crippen LogP contribution in [0.25, 0.3) is 0 Å². The summed E-state index contributed by atoms with van der Waals surface area (Å²) in [5.41, 5.74) is -0.466. The Kier molecular flexibility index (Phi) is 6.24. The Bertz CT molecular complexity index is 416. The van der Waals surface area contributed by atoms with Crippen LogP contribution in [0.1, 0.15) is 33.1 Å². The zero-order valence-electron chi connectivity index (χ0n) is 12.0. The first kappa shape index (κ1) is 16.4. The maximum atomic E-state index is 11.5. The Labute approximate surface area is 116 Å². The summed E-state index contributed by atoms with van der Waals surface area (Å²) in [6.45, 7) is 7.05. The van der Waals surface area contributed by atoms with Crippen LogP contribution < -0.4 is 5.32 Å². The van der Waals surface area contributed by atoms with Gasteiger partial charge in [-0.3, -0.25) is 5.32 Å². The van der Waals surface area contributed by atoms with Gasteiger partial charge in [-0.25, -0.2) is 8.42 Å². The molecule has 0 radical (unpaired) electrons. The molecule has 1 atom stereocenters. The minimum absolute atomic E-state index is 0.274. The smallest absolute Gasteiger partial charge is 0.151 e. The van der Waals surface area contributed by atoms with Gasteiger partial charge in [0, 0.05) is 6.54 Å². The molecule has 19 heavy (non-hydrogen) atoms. The molecule has 5 nitrogen and oxygen atoms in total. The van der Waals surface area contributed by atoms with Gasteiger partial charge in [0.05, 0.1) is 17.6 Å². The third-order valence-electron chi connectivity index (χ3n) is 3.61. The van der Waals surface area contributed by atoms with Gasteiger partial charge in [0.1, 0.15) is 5.54 Å². The highest BCUT2D eigenvalue weighted by atomic mass is 32.2. The van der Waals surface area contributed by atoms with E-state index in [4.69, 9.17) is 5.26 Å². The Hall–Kier alpha value is -0.640. The fraction of sp³-hybridized carbons (Fsp3) is 0.923. The summed E-state index contributed by atoms with van der Waals surface area (Å²) in [6.07, 6.45) is 2.43. The summed E-state index contributed by atoms with van der Waals surface area (Å²) in [6, 6.07) is 2.32. The zero-order valence-corrected chi connectivity index (χ0v) is 12.8. The van der Waals surface area contributed by atoms with E-state index in [0.717, 1.165) is 38.9 Å². The van der Waals surface area contributed by atoms with E-state index in [1.54, 1.807) is 0 Å². The Morgan fingerprint density at radius 3 is 2.74 bits per heavy atom. The van der Waals surface area contributed by atoms with E-state index in [9.17, 15) is 8.42 Å². The van der Waals surface area contributed by atoms with Crippen LogP contribution in [0, 0.1) is 11.3 Å². The molecule has 1 heterocycles. The van der Waals surface area contributed by atoms with Crippen molar-refractivity contribution in [1.82, 2.24) is 10.2 Å². The molecule has 1 N–H and O–H groups in total. The Balaban J connectivity index is 2.35. The van der Waals surface area contributed by atoms with Crippen LogP contribution in [-0.2, 0) is 9.84 Å². The summed E-state index contributed by atoms with van der Waals surface area (Å²) in [5, 5.41) is 12.4. The van der Waals surface area contributed by atoms with Gasteiger partial charge in [-0.2, -0.15) is 5.26 Å². The predicted molar refractivity (Wildman–Crippen MR) is 76.6 cm³/mol. The molecule has 0 bridgehead atoms. The molecule has 1 aliphatic heterocycles. The maximum Gasteiger partial charge on any atom is 0.151 e. The van der Waals surface area contributed by atoms with Crippen molar-refractivity contribution in [2.75, 3.05) is 37.7 Å². The molecular formula is C13H25N3O2S. The molecule has 0 saturated carbocycles. The summed E-state index contributed by atoms with van der Waals surface area (Å²) in [7, 11) is -2.83. The van der Waals surface area contributed by atoms with Gasteiger partial charge >= 0.3 is 0 Å². The Morgan fingerprint density at radius 2 is 2.11 bits per heavy atom. The van der Waals surface area contributed by atoms with Crippen LogP contribution in [0.5, 0.6) is 0 Å². The molecule has 110 valence electrons. The summed E-state index contributed by atoms with van der Waals surface area (Å²) in [5.74, 6) is 0.590. The number of rotatable bonds is 6. The second-order valence-corrected chi connectivity index (χ2v) is 7.73. The predicted octanol–water partition coefficient (Wildman–Crippen LogP) is 0.779. The average molecular weight is 287 g/mol. The molecule has 6 heteroatoms. The molecule has 0 aliphatic carbocycles. The molecule has 1 aliphatic rings. The minimum atomic E-state index is -2.83. The van der Waals surface area contributed by atoms with E-state index in [1.165, 1.54) is 0 Å². The van der Waals surface area contributed by atoms with Crippen molar-refractivity contribution in [3.05, 3.63) is 0 Å². The zero-order chi connectivity index (χ0) is 14.4. The van der Waals surface area contributed by atoms with E-state index in [2.05, 4.69) is 16.3 Å². The number of nitrogens with zero attached hydrogens (tertiary/aromatic N) is 2. The van der Waals surface area contributed by atoms with E-state index < -0.39 is 15.4 Å². The standard InChI is InChI=1S/C13H25N3O2S/c1-3-15-13(2,12-14)6-4-7-16-8-5-10-19(17,18)11-9-16/h15H,3-11H2,1-2H3. The van der Waals surface area contributed by atoms with Crippen LogP contribution >= 0.6 is 0 Å². The molecule has 0 aromatic heterocycles. The second-order valence-electron chi connectivity index (χ2n) is 5.42. The summed E-state index contributed by atoms with van der Waals surface area (Å²) in [4.78, 5) is 2.20. The van der Waals surface area contributed by atoms with E-state index in [0.29, 0.717) is 12.3 Å². The lowest BCUT2D eigenvalue weighted by molar-refractivity contribution is 0.275. The number of nitriles is 1. The van der Waals surface area contributed by atoms with Crippen molar-refractivity contribution in [2.45, 2.75) is 38.6 Å². The van der Waals surface area contributed by atoms with E-state index in [1.807, 2.05) is 13.8 Å². The fourth-order valence-electron chi connectivity index (χ4n) is 2.44. The number of sulfone groups is 1. The normalized spacial score (nSPS) is 23.2. The van der Waals surface area contributed by atoms with E-state index >= 15 is 0 Å². The first-order chi connectivity index (χ1) is 8.91. The third-order valence-corrected chi connectivity index (χ3v) is 5.33. The lowest BCUT2D eigenvalue weighted by atomic mass is 9.97. The van der Waals surface area contributed by atoms with Gasteiger partial charge in [0.25, 0.3) is 0 Å². The average Bonchev–Trinajstić information content (AvgIpc) is 2.51. The molecular weight excluding hydrogens is 262 g/mol. The SMILES string of the molecule is CCNC(C)(C#N)CCCN1CCCS(=O)(=O)CC1. The molecule has 0 spiro atoms. The maximum absolute atomic E-state index is 11.5. The topological polar surface area (TPSA) is 73.2 Å². The van der Waals surface area contributed by atoms with Crippen LogP contribution in [-0.4, -0.2) is 56.5 Å². The van der Waals surface area contributed by atoms with Crippen molar-refractivity contribution in [1.29, 1.82) is 5.26 Å². The molecule has 1 saturated heterocycles. The van der Waals surface area contributed by atoms with Crippen molar-refractivity contribution >= 4 is 9.84 Å². The van der Waals surface area contributed by atoms with Gasteiger partial charge in [-0.05, 0) is 45.8 Å². The largest absolute Gasteiger partial charge is 0.302 e. The lowest BCUT2D eigenvalue weighted by Gasteiger charge is -2.25. The molecule has 0 aromatic carbocycles. The lowest BCUT2D eigenvalue weighted by Crippen LogP contribution is -2.41. The van der Waals surface area contributed by atoms with E-state index in [-0.39, 0.29) is 5.75 Å². The highest BCUT2D eigenvalue weighted by Crippen LogP contribution is 2.13. The van der Waals surface area contributed by atoms with Gasteiger partial charge in [0.15, 0.2) is 9.84 Å². The number of hydrogen-bond acceptors (Lipinski definition) is 5. The van der Waals surface area contributed by atoms with Crippen LogP contribution in [0.4, 0.5) is 0 Å². The van der Waals surface area contributed by atoms with Crippen molar-refractivity contribution < 1.29 is 8.42 Å². The highest BCUT2D eigenvalue weighted by molar-refractivity contribution is 7.91.